The van der Waals surface area contributed by atoms with Crippen molar-refractivity contribution in [2.75, 3.05) is 5.73 Å². The van der Waals surface area contributed by atoms with Crippen LogP contribution < -0.4 is 5.73 Å². The standard InChI is InChI=1S/C15H17BrClN3/c1-3-5-13-19-14(15(18)20(13)8-4-2)11-7-6-10(16)9-12(11)17/h4,6-7,9H,2-3,5,8,18H2,1H3. The number of hydrogen-bond acceptors (Lipinski definition) is 2. The van der Waals surface area contributed by atoms with Gasteiger partial charge in [-0.15, -0.1) is 6.58 Å². The summed E-state index contributed by atoms with van der Waals surface area (Å²) in [6.45, 7) is 6.55. The molecular weight excluding hydrogens is 338 g/mol. The molecule has 0 saturated heterocycles. The molecule has 0 bridgehead atoms. The Labute approximate surface area is 132 Å². The Kier molecular flexibility index (Phi) is 4.89. The summed E-state index contributed by atoms with van der Waals surface area (Å²) in [6, 6.07) is 5.72. The molecule has 0 saturated carbocycles. The highest BCUT2D eigenvalue weighted by Gasteiger charge is 2.17. The molecule has 3 nitrogen and oxygen atoms in total. The van der Waals surface area contributed by atoms with Gasteiger partial charge in [0.05, 0.1) is 5.02 Å². The minimum absolute atomic E-state index is 0.636. The van der Waals surface area contributed by atoms with Gasteiger partial charge >= 0.3 is 0 Å². The zero-order valence-corrected chi connectivity index (χ0v) is 13.7. The number of nitrogens with two attached hydrogens (primary N) is 1. The predicted molar refractivity (Wildman–Crippen MR) is 89.0 cm³/mol. The lowest BCUT2D eigenvalue weighted by Gasteiger charge is -2.06. The van der Waals surface area contributed by atoms with Crippen LogP contribution in [0.15, 0.2) is 35.3 Å². The summed E-state index contributed by atoms with van der Waals surface area (Å²) in [5.74, 6) is 1.61. The Morgan fingerprint density at radius 2 is 2.25 bits per heavy atom. The molecule has 5 heteroatoms. The van der Waals surface area contributed by atoms with Crippen LogP contribution in [0.25, 0.3) is 11.3 Å². The third kappa shape index (κ3) is 2.91. The van der Waals surface area contributed by atoms with Crippen molar-refractivity contribution >= 4 is 33.3 Å². The molecule has 2 N–H and O–H groups in total. The normalized spacial score (nSPS) is 10.8. The van der Waals surface area contributed by atoms with Gasteiger partial charge in [-0.3, -0.25) is 0 Å². The van der Waals surface area contributed by atoms with Crippen LogP contribution in [0.1, 0.15) is 19.2 Å². The Bertz CT molecular complexity index is 634. The number of aromatic nitrogens is 2. The summed E-state index contributed by atoms with van der Waals surface area (Å²) >= 11 is 9.70. The number of hydrogen-bond donors (Lipinski definition) is 1. The molecule has 0 aliphatic heterocycles. The molecule has 2 aromatic rings. The first kappa shape index (κ1) is 15.1. The summed E-state index contributed by atoms with van der Waals surface area (Å²) < 4.78 is 2.92. The van der Waals surface area contributed by atoms with Gasteiger partial charge in [-0.05, 0) is 18.6 Å². The fourth-order valence-corrected chi connectivity index (χ4v) is 2.90. The van der Waals surface area contributed by atoms with E-state index in [0.717, 1.165) is 34.4 Å². The number of nitrogens with zero attached hydrogens (tertiary/aromatic N) is 2. The summed E-state index contributed by atoms with van der Waals surface area (Å²) in [7, 11) is 0. The lowest BCUT2D eigenvalue weighted by molar-refractivity contribution is 0.724. The van der Waals surface area contributed by atoms with Gasteiger partial charge in [-0.1, -0.05) is 46.6 Å². The number of allylic oxidation sites excluding steroid dienone is 1. The van der Waals surface area contributed by atoms with Crippen molar-refractivity contribution in [3.63, 3.8) is 0 Å². The van der Waals surface area contributed by atoms with Crippen molar-refractivity contribution in [1.29, 1.82) is 0 Å². The van der Waals surface area contributed by atoms with Gasteiger partial charge in [0.15, 0.2) is 0 Å². The average Bonchev–Trinajstić information content (AvgIpc) is 2.69. The van der Waals surface area contributed by atoms with Crippen LogP contribution in [0.4, 0.5) is 5.82 Å². The van der Waals surface area contributed by atoms with Gasteiger partial charge in [0.25, 0.3) is 0 Å². The van der Waals surface area contributed by atoms with E-state index in [2.05, 4.69) is 34.4 Å². The molecule has 0 aliphatic carbocycles. The fraction of sp³-hybridized carbons (Fsp3) is 0.267. The highest BCUT2D eigenvalue weighted by molar-refractivity contribution is 9.10. The summed E-state index contributed by atoms with van der Waals surface area (Å²) in [5.41, 5.74) is 7.84. The summed E-state index contributed by atoms with van der Waals surface area (Å²) in [4.78, 5) is 4.67. The summed E-state index contributed by atoms with van der Waals surface area (Å²) in [6.07, 6.45) is 3.72. The van der Waals surface area contributed by atoms with Crippen molar-refractivity contribution in [2.24, 2.45) is 0 Å². The molecule has 0 fully saturated rings. The maximum Gasteiger partial charge on any atom is 0.132 e. The third-order valence-corrected chi connectivity index (χ3v) is 3.86. The average molecular weight is 355 g/mol. The largest absolute Gasteiger partial charge is 0.383 e. The van der Waals surface area contributed by atoms with Gasteiger partial charge < -0.3 is 10.3 Å². The molecular formula is C15H17BrClN3. The second kappa shape index (κ2) is 6.46. The van der Waals surface area contributed by atoms with Gasteiger partial charge in [0.1, 0.15) is 17.3 Å². The number of anilines is 1. The highest BCUT2D eigenvalue weighted by atomic mass is 79.9. The number of halogens is 2. The monoisotopic (exact) mass is 353 g/mol. The quantitative estimate of drug-likeness (QED) is 0.792. The number of nitrogen functional groups attached to an aromatic ring is 1. The lowest BCUT2D eigenvalue weighted by atomic mass is 10.1. The number of imidazole rings is 1. The van der Waals surface area contributed by atoms with Crippen LogP contribution in [0.3, 0.4) is 0 Å². The van der Waals surface area contributed by atoms with E-state index in [1.165, 1.54) is 0 Å². The molecule has 0 aliphatic rings. The number of rotatable bonds is 5. The van der Waals surface area contributed by atoms with Gasteiger partial charge in [-0.25, -0.2) is 4.98 Å². The van der Waals surface area contributed by atoms with E-state index >= 15 is 0 Å². The fourth-order valence-electron chi connectivity index (χ4n) is 2.14. The van der Waals surface area contributed by atoms with Gasteiger partial charge in [0.2, 0.25) is 0 Å². The number of benzene rings is 1. The first-order valence-corrected chi connectivity index (χ1v) is 7.66. The molecule has 1 aromatic heterocycles. The SMILES string of the molecule is C=CCn1c(CCC)nc(-c2ccc(Br)cc2Cl)c1N. The van der Waals surface area contributed by atoms with E-state index in [4.69, 9.17) is 17.3 Å². The van der Waals surface area contributed by atoms with Crippen molar-refractivity contribution in [3.8, 4) is 11.3 Å². The maximum absolute atomic E-state index is 6.30. The van der Waals surface area contributed by atoms with Crippen molar-refractivity contribution < 1.29 is 0 Å². The van der Waals surface area contributed by atoms with Crippen LogP contribution in [0, 0.1) is 0 Å². The minimum atomic E-state index is 0.636. The van der Waals surface area contributed by atoms with E-state index in [-0.39, 0.29) is 0 Å². The van der Waals surface area contributed by atoms with Crippen LogP contribution in [0.2, 0.25) is 5.02 Å². The number of aryl methyl sites for hydroxylation is 1. The van der Waals surface area contributed by atoms with Crippen molar-refractivity contribution in [3.05, 3.63) is 46.2 Å². The molecule has 20 heavy (non-hydrogen) atoms. The minimum Gasteiger partial charge on any atom is -0.383 e. The highest BCUT2D eigenvalue weighted by Crippen LogP contribution is 2.34. The molecule has 0 radical (unpaired) electrons. The second-order valence-corrected chi connectivity index (χ2v) is 5.86. The van der Waals surface area contributed by atoms with E-state index in [9.17, 15) is 0 Å². The second-order valence-electron chi connectivity index (χ2n) is 4.54. The first-order valence-electron chi connectivity index (χ1n) is 6.49. The molecule has 106 valence electrons. The predicted octanol–water partition coefficient (Wildman–Crippen LogP) is 4.69. The lowest BCUT2D eigenvalue weighted by Crippen LogP contribution is -2.05. The van der Waals surface area contributed by atoms with Gasteiger partial charge in [-0.2, -0.15) is 0 Å². The van der Waals surface area contributed by atoms with E-state index in [1.807, 2.05) is 28.8 Å². The molecule has 0 unspecified atom stereocenters. The molecule has 0 spiro atoms. The summed E-state index contributed by atoms with van der Waals surface area (Å²) in [5, 5.41) is 0.636. The van der Waals surface area contributed by atoms with Crippen LogP contribution in [-0.2, 0) is 13.0 Å². The molecule has 2 rings (SSSR count). The molecule has 0 amide bonds. The third-order valence-electron chi connectivity index (χ3n) is 3.06. The van der Waals surface area contributed by atoms with E-state index in [0.29, 0.717) is 17.4 Å². The Morgan fingerprint density at radius 3 is 2.85 bits per heavy atom. The molecule has 0 atom stereocenters. The maximum atomic E-state index is 6.30. The first-order chi connectivity index (χ1) is 9.58. The molecule has 1 aromatic carbocycles. The van der Waals surface area contributed by atoms with Crippen molar-refractivity contribution in [1.82, 2.24) is 9.55 Å². The van der Waals surface area contributed by atoms with Crippen LogP contribution >= 0.6 is 27.5 Å². The van der Waals surface area contributed by atoms with E-state index < -0.39 is 0 Å². The smallest absolute Gasteiger partial charge is 0.132 e. The van der Waals surface area contributed by atoms with Crippen LogP contribution in [-0.4, -0.2) is 9.55 Å². The van der Waals surface area contributed by atoms with Crippen LogP contribution in [0.5, 0.6) is 0 Å². The zero-order chi connectivity index (χ0) is 14.7. The topological polar surface area (TPSA) is 43.8 Å². The van der Waals surface area contributed by atoms with E-state index in [1.54, 1.807) is 0 Å². The Hall–Kier alpha value is -1.26. The Morgan fingerprint density at radius 1 is 1.50 bits per heavy atom. The van der Waals surface area contributed by atoms with Gasteiger partial charge in [0, 0.05) is 23.0 Å². The zero-order valence-electron chi connectivity index (χ0n) is 11.4. The Balaban J connectivity index is 2.56. The molecule has 1 heterocycles. The van der Waals surface area contributed by atoms with Crippen molar-refractivity contribution in [2.45, 2.75) is 26.3 Å².